The van der Waals surface area contributed by atoms with Crippen LogP contribution in [-0.2, 0) is 13.0 Å². The summed E-state index contributed by atoms with van der Waals surface area (Å²) in [6.07, 6.45) is 8.12. The minimum Gasteiger partial charge on any atom is -0.444 e. The van der Waals surface area contributed by atoms with Gasteiger partial charge in [0, 0.05) is 12.5 Å². The van der Waals surface area contributed by atoms with Crippen molar-refractivity contribution < 1.29 is 4.42 Å². The topological polar surface area (TPSA) is 38.1 Å². The van der Waals surface area contributed by atoms with Crippen LogP contribution in [0.25, 0.3) is 0 Å². The van der Waals surface area contributed by atoms with Gasteiger partial charge in [-0.2, -0.15) is 0 Å². The third kappa shape index (κ3) is 3.58. The van der Waals surface area contributed by atoms with Gasteiger partial charge in [-0.3, -0.25) is 0 Å². The molecule has 0 spiro atoms. The van der Waals surface area contributed by atoms with E-state index >= 15 is 0 Å². The third-order valence-electron chi connectivity index (χ3n) is 4.15. The molecule has 1 N–H and O–H groups in total. The van der Waals surface area contributed by atoms with Gasteiger partial charge in [-0.25, -0.2) is 4.98 Å². The summed E-state index contributed by atoms with van der Waals surface area (Å²) in [7, 11) is 0. The fraction of sp³-hybridized carbons (Fsp3) is 0.800. The number of nitrogens with zero attached hydrogens (tertiary/aromatic N) is 1. The van der Waals surface area contributed by atoms with E-state index in [4.69, 9.17) is 4.42 Å². The van der Waals surface area contributed by atoms with Crippen LogP contribution in [0.2, 0.25) is 0 Å². The van der Waals surface area contributed by atoms with Crippen molar-refractivity contribution >= 4 is 0 Å². The molecule has 1 saturated carbocycles. The summed E-state index contributed by atoms with van der Waals surface area (Å²) in [5.74, 6) is 3.50. The lowest BCUT2D eigenvalue weighted by Crippen LogP contribution is -2.35. The van der Waals surface area contributed by atoms with Gasteiger partial charge in [0.25, 0.3) is 0 Å². The van der Waals surface area contributed by atoms with Gasteiger partial charge in [-0.05, 0) is 24.7 Å². The minimum absolute atomic E-state index is 0.642. The zero-order valence-electron chi connectivity index (χ0n) is 11.9. The van der Waals surface area contributed by atoms with Crippen molar-refractivity contribution in [2.24, 2.45) is 11.8 Å². The molecule has 2 unspecified atom stereocenters. The molecule has 1 fully saturated rings. The van der Waals surface area contributed by atoms with Crippen LogP contribution in [0.1, 0.15) is 58.1 Å². The van der Waals surface area contributed by atoms with E-state index in [0.717, 1.165) is 36.5 Å². The summed E-state index contributed by atoms with van der Waals surface area (Å²) in [6.45, 7) is 7.55. The molecular formula is C15H26N2O. The van der Waals surface area contributed by atoms with Crippen LogP contribution in [0.4, 0.5) is 0 Å². The number of rotatable bonds is 5. The Morgan fingerprint density at radius 1 is 1.44 bits per heavy atom. The standard InChI is InChI=1S/C15H26N2O/c1-4-14-9-17-15(18-14)10-16-13-7-5-6-12(8-13)11(2)3/h9,11-13,16H,4-8,10H2,1-3H3. The van der Waals surface area contributed by atoms with Crippen LogP contribution in [0.3, 0.4) is 0 Å². The van der Waals surface area contributed by atoms with Crippen LogP contribution in [0.5, 0.6) is 0 Å². The van der Waals surface area contributed by atoms with E-state index in [-0.39, 0.29) is 0 Å². The summed E-state index contributed by atoms with van der Waals surface area (Å²) >= 11 is 0. The molecule has 1 aliphatic rings. The van der Waals surface area contributed by atoms with Crippen LogP contribution < -0.4 is 5.32 Å². The largest absolute Gasteiger partial charge is 0.444 e. The van der Waals surface area contributed by atoms with E-state index < -0.39 is 0 Å². The smallest absolute Gasteiger partial charge is 0.208 e. The van der Waals surface area contributed by atoms with Gasteiger partial charge in [0.1, 0.15) is 5.76 Å². The summed E-state index contributed by atoms with van der Waals surface area (Å²) in [6, 6.07) is 0.642. The molecule has 2 rings (SSSR count). The van der Waals surface area contributed by atoms with E-state index in [1.165, 1.54) is 25.7 Å². The second-order valence-corrected chi connectivity index (χ2v) is 5.82. The van der Waals surface area contributed by atoms with Gasteiger partial charge < -0.3 is 9.73 Å². The fourth-order valence-electron chi connectivity index (χ4n) is 2.84. The minimum atomic E-state index is 0.642. The molecule has 0 radical (unpaired) electrons. The van der Waals surface area contributed by atoms with Crippen molar-refractivity contribution in [1.29, 1.82) is 0 Å². The molecule has 2 atom stereocenters. The average molecular weight is 250 g/mol. The summed E-state index contributed by atoms with van der Waals surface area (Å²) < 4.78 is 5.62. The highest BCUT2D eigenvalue weighted by Gasteiger charge is 2.23. The average Bonchev–Trinajstić information content (AvgIpc) is 2.84. The van der Waals surface area contributed by atoms with E-state index in [0.29, 0.717) is 6.04 Å². The highest BCUT2D eigenvalue weighted by atomic mass is 16.4. The first-order valence-corrected chi connectivity index (χ1v) is 7.36. The number of hydrogen-bond donors (Lipinski definition) is 1. The number of nitrogens with one attached hydrogen (secondary N) is 1. The maximum absolute atomic E-state index is 5.62. The fourth-order valence-corrected chi connectivity index (χ4v) is 2.84. The van der Waals surface area contributed by atoms with Gasteiger partial charge in [-0.1, -0.05) is 33.6 Å². The molecule has 0 bridgehead atoms. The SMILES string of the molecule is CCc1cnc(CNC2CCCC(C(C)C)C2)o1. The van der Waals surface area contributed by atoms with Crippen LogP contribution in [0.15, 0.2) is 10.6 Å². The van der Waals surface area contributed by atoms with E-state index in [1.807, 2.05) is 6.20 Å². The first-order valence-electron chi connectivity index (χ1n) is 7.36. The molecule has 0 aliphatic heterocycles. The van der Waals surface area contributed by atoms with Gasteiger partial charge in [0.05, 0.1) is 12.7 Å². The van der Waals surface area contributed by atoms with E-state index in [1.54, 1.807) is 0 Å². The maximum atomic E-state index is 5.62. The van der Waals surface area contributed by atoms with Gasteiger partial charge >= 0.3 is 0 Å². The predicted molar refractivity (Wildman–Crippen MR) is 73.3 cm³/mol. The van der Waals surface area contributed by atoms with Gasteiger partial charge in [0.2, 0.25) is 5.89 Å². The molecule has 18 heavy (non-hydrogen) atoms. The summed E-state index contributed by atoms with van der Waals surface area (Å²) in [5.41, 5.74) is 0. The van der Waals surface area contributed by atoms with Crippen molar-refractivity contribution in [1.82, 2.24) is 10.3 Å². The number of oxazole rings is 1. The second-order valence-electron chi connectivity index (χ2n) is 5.82. The zero-order chi connectivity index (χ0) is 13.0. The molecule has 0 aromatic carbocycles. The molecule has 0 saturated heterocycles. The molecule has 1 aromatic rings. The Balaban J connectivity index is 1.79. The Morgan fingerprint density at radius 3 is 2.94 bits per heavy atom. The molecule has 1 heterocycles. The molecule has 0 amide bonds. The number of aryl methyl sites for hydroxylation is 1. The molecule has 102 valence electrons. The summed E-state index contributed by atoms with van der Waals surface area (Å²) in [5, 5.41) is 3.60. The second kappa shape index (κ2) is 6.37. The zero-order valence-corrected chi connectivity index (χ0v) is 11.9. The molecular weight excluding hydrogens is 224 g/mol. The van der Waals surface area contributed by atoms with Crippen molar-refractivity contribution in [3.63, 3.8) is 0 Å². The normalized spacial score (nSPS) is 24.7. The van der Waals surface area contributed by atoms with E-state index in [2.05, 4.69) is 31.1 Å². The van der Waals surface area contributed by atoms with Crippen LogP contribution in [-0.4, -0.2) is 11.0 Å². The third-order valence-corrected chi connectivity index (χ3v) is 4.15. The lowest BCUT2D eigenvalue weighted by atomic mass is 9.79. The first kappa shape index (κ1) is 13.6. The van der Waals surface area contributed by atoms with Crippen molar-refractivity contribution in [2.75, 3.05) is 0 Å². The Hall–Kier alpha value is -0.830. The Kier molecular flexibility index (Phi) is 4.81. The number of aromatic nitrogens is 1. The van der Waals surface area contributed by atoms with Crippen molar-refractivity contribution in [3.8, 4) is 0 Å². The van der Waals surface area contributed by atoms with Crippen LogP contribution in [0, 0.1) is 11.8 Å². The Labute approximate surface area is 110 Å². The van der Waals surface area contributed by atoms with Crippen molar-refractivity contribution in [3.05, 3.63) is 17.8 Å². The highest BCUT2D eigenvalue weighted by molar-refractivity contribution is 4.93. The van der Waals surface area contributed by atoms with Gasteiger partial charge in [0.15, 0.2) is 0 Å². The first-order chi connectivity index (χ1) is 8.69. The molecule has 1 aromatic heterocycles. The quantitative estimate of drug-likeness (QED) is 0.868. The Bertz CT molecular complexity index is 359. The molecule has 3 nitrogen and oxygen atoms in total. The number of hydrogen-bond acceptors (Lipinski definition) is 3. The molecule has 3 heteroatoms. The van der Waals surface area contributed by atoms with Gasteiger partial charge in [-0.15, -0.1) is 0 Å². The van der Waals surface area contributed by atoms with Crippen LogP contribution >= 0.6 is 0 Å². The lowest BCUT2D eigenvalue weighted by Gasteiger charge is -2.32. The predicted octanol–water partition coefficient (Wildman–Crippen LogP) is 3.54. The lowest BCUT2D eigenvalue weighted by molar-refractivity contribution is 0.227. The Morgan fingerprint density at radius 2 is 2.28 bits per heavy atom. The highest BCUT2D eigenvalue weighted by Crippen LogP contribution is 2.29. The molecule has 1 aliphatic carbocycles. The van der Waals surface area contributed by atoms with E-state index in [9.17, 15) is 0 Å². The summed E-state index contributed by atoms with van der Waals surface area (Å²) in [4.78, 5) is 4.30. The monoisotopic (exact) mass is 250 g/mol. The van der Waals surface area contributed by atoms with Crippen molar-refractivity contribution in [2.45, 2.75) is 65.5 Å². The maximum Gasteiger partial charge on any atom is 0.208 e.